The number of hydrogen-bond acceptors (Lipinski definition) is 9. The Balaban J connectivity index is 2.06. The average molecular weight is 438 g/mol. The molecule has 0 atom stereocenters. The molecule has 164 valence electrons. The molecular weight excluding hydrogens is 420 g/mol. The molecule has 0 radical (unpaired) electrons. The Bertz CT molecular complexity index is 1190. The number of aromatic nitrogens is 3. The van der Waals surface area contributed by atoms with Crippen LogP contribution < -0.4 is 4.74 Å². The molecule has 32 heavy (non-hydrogen) atoms. The SMILES string of the molecule is CCOC(=O)c1c(C(=O)c2ccc(C=O)cc2[N+](=O)[O-])nnn1Cc1ccc(OC)cc1. The predicted molar refractivity (Wildman–Crippen MR) is 110 cm³/mol. The number of carbonyl (C=O) groups is 3. The minimum atomic E-state index is -0.891. The maximum Gasteiger partial charge on any atom is 0.359 e. The highest BCUT2D eigenvalue weighted by Gasteiger charge is 2.31. The Kier molecular flexibility index (Phi) is 6.68. The summed E-state index contributed by atoms with van der Waals surface area (Å²) in [5, 5.41) is 19.2. The number of ether oxygens (including phenoxy) is 2. The second kappa shape index (κ2) is 9.60. The zero-order valence-corrected chi connectivity index (χ0v) is 17.2. The minimum absolute atomic E-state index is 0.0297. The first-order valence-electron chi connectivity index (χ1n) is 9.41. The molecule has 0 spiro atoms. The van der Waals surface area contributed by atoms with Crippen LogP contribution in [-0.4, -0.2) is 51.7 Å². The molecular formula is C21H18N4O7. The Morgan fingerprint density at radius 3 is 2.50 bits per heavy atom. The van der Waals surface area contributed by atoms with Crippen LogP contribution in [0.2, 0.25) is 0 Å². The number of nitrogens with zero attached hydrogens (tertiary/aromatic N) is 4. The molecule has 3 aromatic rings. The molecule has 1 aromatic heterocycles. The van der Waals surface area contributed by atoms with Gasteiger partial charge in [-0.25, -0.2) is 9.48 Å². The number of aldehydes is 1. The van der Waals surface area contributed by atoms with E-state index in [9.17, 15) is 24.5 Å². The number of nitro benzene ring substituents is 1. The fourth-order valence-corrected chi connectivity index (χ4v) is 2.97. The summed E-state index contributed by atoms with van der Waals surface area (Å²) < 4.78 is 11.4. The van der Waals surface area contributed by atoms with Crippen molar-refractivity contribution >= 4 is 23.7 Å². The van der Waals surface area contributed by atoms with E-state index in [0.29, 0.717) is 12.0 Å². The van der Waals surface area contributed by atoms with Crippen molar-refractivity contribution in [1.29, 1.82) is 0 Å². The van der Waals surface area contributed by atoms with Gasteiger partial charge in [0.15, 0.2) is 11.4 Å². The number of methoxy groups -OCH3 is 1. The summed E-state index contributed by atoms with van der Waals surface area (Å²) in [6.07, 6.45) is 0.427. The monoisotopic (exact) mass is 438 g/mol. The normalized spacial score (nSPS) is 10.4. The molecule has 2 aromatic carbocycles. The molecule has 0 amide bonds. The van der Waals surface area contributed by atoms with Gasteiger partial charge in [-0.15, -0.1) is 5.10 Å². The molecule has 0 aliphatic rings. The van der Waals surface area contributed by atoms with Gasteiger partial charge in [-0.05, 0) is 30.7 Å². The van der Waals surface area contributed by atoms with Crippen molar-refractivity contribution < 1.29 is 28.8 Å². The lowest BCUT2D eigenvalue weighted by molar-refractivity contribution is -0.385. The molecule has 1 heterocycles. The average Bonchev–Trinajstić information content (AvgIpc) is 3.22. The van der Waals surface area contributed by atoms with E-state index in [2.05, 4.69) is 10.3 Å². The molecule has 0 unspecified atom stereocenters. The highest BCUT2D eigenvalue weighted by molar-refractivity contribution is 6.14. The van der Waals surface area contributed by atoms with Crippen molar-refractivity contribution in [2.24, 2.45) is 0 Å². The summed E-state index contributed by atoms with van der Waals surface area (Å²) in [5.74, 6) is -1.10. The maximum absolute atomic E-state index is 13.1. The van der Waals surface area contributed by atoms with E-state index in [-0.39, 0.29) is 35.7 Å². The molecule has 0 fully saturated rings. The van der Waals surface area contributed by atoms with Crippen LogP contribution in [-0.2, 0) is 11.3 Å². The third-order valence-electron chi connectivity index (χ3n) is 4.51. The van der Waals surface area contributed by atoms with Gasteiger partial charge in [0, 0.05) is 11.6 Å². The fraction of sp³-hybridized carbons (Fsp3) is 0.190. The Morgan fingerprint density at radius 1 is 1.19 bits per heavy atom. The smallest absolute Gasteiger partial charge is 0.359 e. The second-order valence-corrected chi connectivity index (χ2v) is 6.49. The van der Waals surface area contributed by atoms with E-state index in [0.717, 1.165) is 17.7 Å². The fourth-order valence-electron chi connectivity index (χ4n) is 2.97. The molecule has 0 saturated carbocycles. The predicted octanol–water partition coefficient (Wildman–Crippen LogP) is 2.46. The summed E-state index contributed by atoms with van der Waals surface area (Å²) in [6.45, 7) is 1.72. The van der Waals surface area contributed by atoms with Gasteiger partial charge in [-0.1, -0.05) is 23.4 Å². The van der Waals surface area contributed by atoms with Gasteiger partial charge < -0.3 is 9.47 Å². The first-order chi connectivity index (χ1) is 15.4. The first-order valence-corrected chi connectivity index (χ1v) is 9.41. The number of benzene rings is 2. The number of hydrogen-bond donors (Lipinski definition) is 0. The quantitative estimate of drug-likeness (QED) is 0.162. The van der Waals surface area contributed by atoms with Gasteiger partial charge in [0.25, 0.3) is 5.69 Å². The summed E-state index contributed by atoms with van der Waals surface area (Å²) in [4.78, 5) is 47.4. The van der Waals surface area contributed by atoms with E-state index in [1.165, 1.54) is 17.9 Å². The van der Waals surface area contributed by atoms with Gasteiger partial charge in [0.2, 0.25) is 5.78 Å². The number of carbonyl (C=O) groups excluding carboxylic acids is 3. The second-order valence-electron chi connectivity index (χ2n) is 6.49. The minimum Gasteiger partial charge on any atom is -0.497 e. The van der Waals surface area contributed by atoms with Crippen LogP contribution in [0.1, 0.15) is 49.4 Å². The van der Waals surface area contributed by atoms with E-state index >= 15 is 0 Å². The molecule has 11 nitrogen and oxygen atoms in total. The number of rotatable bonds is 9. The molecule has 0 saturated heterocycles. The highest BCUT2D eigenvalue weighted by atomic mass is 16.6. The van der Waals surface area contributed by atoms with Crippen LogP contribution in [0.5, 0.6) is 5.75 Å². The van der Waals surface area contributed by atoms with Crippen LogP contribution in [0.15, 0.2) is 42.5 Å². The van der Waals surface area contributed by atoms with Gasteiger partial charge in [0.05, 0.1) is 25.2 Å². The standard InChI is InChI=1S/C21H18N4O7/c1-3-32-21(28)19-18(20(27)16-9-6-14(12-26)10-17(16)25(29)30)22-23-24(19)11-13-4-7-15(31-2)8-5-13/h4-10,12H,3,11H2,1-2H3. The van der Waals surface area contributed by atoms with Gasteiger partial charge in [-0.2, -0.15) is 0 Å². The third kappa shape index (κ3) is 4.51. The van der Waals surface area contributed by atoms with Crippen LogP contribution in [0.25, 0.3) is 0 Å². The molecule has 3 rings (SSSR count). The summed E-state index contributed by atoms with van der Waals surface area (Å²) in [7, 11) is 1.53. The lowest BCUT2D eigenvalue weighted by Gasteiger charge is -2.08. The van der Waals surface area contributed by atoms with Crippen LogP contribution >= 0.6 is 0 Å². The van der Waals surface area contributed by atoms with Crippen molar-refractivity contribution in [3.63, 3.8) is 0 Å². The third-order valence-corrected chi connectivity index (χ3v) is 4.51. The van der Waals surface area contributed by atoms with Crippen molar-refractivity contribution in [3.8, 4) is 5.75 Å². The molecule has 0 aliphatic heterocycles. The summed E-state index contributed by atoms with van der Waals surface area (Å²) >= 11 is 0. The maximum atomic E-state index is 13.1. The highest BCUT2D eigenvalue weighted by Crippen LogP contribution is 2.24. The Morgan fingerprint density at radius 2 is 1.91 bits per heavy atom. The van der Waals surface area contributed by atoms with E-state index in [4.69, 9.17) is 9.47 Å². The largest absolute Gasteiger partial charge is 0.497 e. The van der Waals surface area contributed by atoms with E-state index in [1.807, 2.05) is 0 Å². The summed E-state index contributed by atoms with van der Waals surface area (Å²) in [5.41, 5.74) is -0.773. The van der Waals surface area contributed by atoms with Crippen molar-refractivity contribution in [3.05, 3.63) is 80.7 Å². The zero-order chi connectivity index (χ0) is 23.3. The van der Waals surface area contributed by atoms with E-state index < -0.39 is 22.4 Å². The molecule has 0 bridgehead atoms. The lowest BCUT2D eigenvalue weighted by Crippen LogP contribution is -2.18. The summed E-state index contributed by atoms with van der Waals surface area (Å²) in [6, 6.07) is 10.3. The molecule has 0 aliphatic carbocycles. The van der Waals surface area contributed by atoms with E-state index in [1.54, 1.807) is 31.2 Å². The van der Waals surface area contributed by atoms with Gasteiger partial charge >= 0.3 is 5.97 Å². The number of nitro groups is 1. The molecule has 11 heteroatoms. The number of esters is 1. The topological polar surface area (TPSA) is 144 Å². The zero-order valence-electron chi connectivity index (χ0n) is 17.2. The van der Waals surface area contributed by atoms with Crippen LogP contribution in [0, 0.1) is 10.1 Å². The Labute approximate surface area is 181 Å². The van der Waals surface area contributed by atoms with Gasteiger partial charge in [-0.3, -0.25) is 19.7 Å². The van der Waals surface area contributed by atoms with Crippen molar-refractivity contribution in [1.82, 2.24) is 15.0 Å². The van der Waals surface area contributed by atoms with Crippen LogP contribution in [0.4, 0.5) is 5.69 Å². The Hall–Kier alpha value is -4.41. The first kappa shape index (κ1) is 22.3. The van der Waals surface area contributed by atoms with Gasteiger partial charge in [0.1, 0.15) is 17.6 Å². The van der Waals surface area contributed by atoms with Crippen molar-refractivity contribution in [2.45, 2.75) is 13.5 Å². The van der Waals surface area contributed by atoms with Crippen molar-refractivity contribution in [2.75, 3.05) is 13.7 Å². The van der Waals surface area contributed by atoms with Crippen LogP contribution in [0.3, 0.4) is 0 Å². The molecule has 0 N–H and O–H groups in total. The lowest BCUT2D eigenvalue weighted by atomic mass is 10.0. The number of ketones is 1.